The summed E-state index contributed by atoms with van der Waals surface area (Å²) in [5.74, 6) is 1.47. The van der Waals surface area contributed by atoms with Gasteiger partial charge in [-0.15, -0.1) is 0 Å². The summed E-state index contributed by atoms with van der Waals surface area (Å²) in [4.78, 5) is 9.90. The van der Waals surface area contributed by atoms with Crippen molar-refractivity contribution in [2.45, 2.75) is 78.9 Å². The minimum Gasteiger partial charge on any atom is -0.476 e. The summed E-state index contributed by atoms with van der Waals surface area (Å²) in [7, 11) is 3.62. The molecule has 1 aromatic heterocycles. The fourth-order valence-electron chi connectivity index (χ4n) is 4.35. The number of anilines is 1. The van der Waals surface area contributed by atoms with Crippen molar-refractivity contribution >= 4 is 18.0 Å². The molecule has 0 aliphatic carbocycles. The van der Waals surface area contributed by atoms with Crippen LogP contribution in [0.2, 0.25) is 0 Å². The third kappa shape index (κ3) is 11.4. The molecule has 0 fully saturated rings. The Labute approximate surface area is 248 Å². The third-order valence-electron chi connectivity index (χ3n) is 6.10. The van der Waals surface area contributed by atoms with Crippen molar-refractivity contribution in [2.75, 3.05) is 26.5 Å². The van der Waals surface area contributed by atoms with Crippen LogP contribution in [0.15, 0.2) is 47.4 Å². The lowest BCUT2D eigenvalue weighted by Gasteiger charge is -2.21. The third-order valence-corrected chi connectivity index (χ3v) is 6.57. The lowest BCUT2D eigenvalue weighted by atomic mass is 9.95. The molecule has 8 nitrogen and oxygen atoms in total. The van der Waals surface area contributed by atoms with Gasteiger partial charge in [0, 0.05) is 44.1 Å². The molecule has 40 heavy (non-hydrogen) atoms. The van der Waals surface area contributed by atoms with E-state index in [1.54, 1.807) is 7.11 Å². The normalized spacial score (nSPS) is 11.1. The van der Waals surface area contributed by atoms with E-state index in [4.69, 9.17) is 19.8 Å². The zero-order valence-electron chi connectivity index (χ0n) is 24.4. The molecule has 6 N–H and O–H groups in total. The average Bonchev–Trinajstić information content (AvgIpc) is 2.88. The number of nitrogens with one attached hydrogen (secondary N) is 1. The fraction of sp³-hybridized carbons (Fsp3) is 0.484. The van der Waals surface area contributed by atoms with Gasteiger partial charge >= 0.3 is 0 Å². The number of rotatable bonds is 12. The van der Waals surface area contributed by atoms with E-state index < -0.39 is 0 Å². The monoisotopic (exact) mass is 578 g/mol. The zero-order chi connectivity index (χ0) is 28.1. The van der Waals surface area contributed by atoms with Crippen molar-refractivity contribution in [2.24, 2.45) is 5.92 Å². The molecule has 1 heterocycles. The van der Waals surface area contributed by atoms with Gasteiger partial charge in [0.25, 0.3) is 0 Å². The number of hydrogen-bond acceptors (Lipinski definition) is 8. The van der Waals surface area contributed by atoms with E-state index in [0.29, 0.717) is 25.0 Å². The summed E-state index contributed by atoms with van der Waals surface area (Å²) < 4.78 is 19.8. The number of hydrogen-bond donors (Lipinski definition) is 3. The number of aryl methyl sites for hydroxylation is 2. The van der Waals surface area contributed by atoms with E-state index in [-0.39, 0.29) is 27.7 Å². The lowest BCUT2D eigenvalue weighted by molar-refractivity contribution is 0.184. The second kappa shape index (κ2) is 19.4. The van der Waals surface area contributed by atoms with Crippen LogP contribution in [-0.4, -0.2) is 46.8 Å². The highest BCUT2D eigenvalue weighted by Crippen LogP contribution is 2.34. The van der Waals surface area contributed by atoms with E-state index in [9.17, 15) is 0 Å². The number of aromatic nitrogens is 2. The van der Waals surface area contributed by atoms with Crippen molar-refractivity contribution < 1.29 is 22.4 Å². The summed E-state index contributed by atoms with van der Waals surface area (Å²) in [5.41, 5.74) is 12.6. The maximum atomic E-state index is 8.71. The number of benzene rings is 2. The Balaban J connectivity index is -0.000000866. The van der Waals surface area contributed by atoms with E-state index in [1.165, 1.54) is 11.1 Å². The van der Waals surface area contributed by atoms with Crippen LogP contribution in [0.25, 0.3) is 11.3 Å². The van der Waals surface area contributed by atoms with Crippen LogP contribution in [0.3, 0.4) is 0 Å². The Morgan fingerprint density at radius 1 is 1.10 bits per heavy atom. The van der Waals surface area contributed by atoms with Gasteiger partial charge < -0.3 is 30.6 Å². The molecule has 228 valence electrons. The van der Waals surface area contributed by atoms with Gasteiger partial charge in [0.1, 0.15) is 6.61 Å². The van der Waals surface area contributed by atoms with E-state index in [0.717, 1.165) is 58.6 Å². The van der Waals surface area contributed by atoms with Gasteiger partial charge in [0.2, 0.25) is 11.8 Å². The maximum Gasteiger partial charge on any atom is 0.223 e. The minimum absolute atomic E-state index is 0. The highest BCUT2D eigenvalue weighted by molar-refractivity contribution is 7.93. The second-order valence-corrected chi connectivity index (χ2v) is 10.5. The summed E-state index contributed by atoms with van der Waals surface area (Å²) in [6.45, 7) is 12.0. The number of nitrogens with two attached hydrogens (primary N) is 1. The Hall–Kier alpha value is -2.69. The highest BCUT2D eigenvalue weighted by atomic mass is 32.2. The fourth-order valence-corrected chi connectivity index (χ4v) is 4.69. The second-order valence-electron chi connectivity index (χ2n) is 9.83. The molecule has 2 aromatic carbocycles. The predicted molar refractivity (Wildman–Crippen MR) is 173 cm³/mol. The van der Waals surface area contributed by atoms with Gasteiger partial charge in [-0.3, -0.25) is 0 Å². The maximum absolute atomic E-state index is 8.71. The molecule has 3 rings (SSSR count). The molecular formula is C31H54N4O4S. The first kappa shape index (κ1) is 37.3. The smallest absolute Gasteiger partial charge is 0.223 e. The average molecular weight is 579 g/mol. The van der Waals surface area contributed by atoms with Gasteiger partial charge in [-0.25, -0.2) is 4.98 Å². The Bertz CT molecular complexity index is 1140. The summed E-state index contributed by atoms with van der Waals surface area (Å²) in [5, 5.41) is 3.33. The topological polar surface area (TPSA) is 134 Å². The van der Waals surface area contributed by atoms with Gasteiger partial charge in [-0.1, -0.05) is 65.0 Å². The van der Waals surface area contributed by atoms with Crippen molar-refractivity contribution in [3.05, 3.63) is 64.7 Å². The van der Waals surface area contributed by atoms with E-state index in [2.05, 4.69) is 68.1 Å². The first-order chi connectivity index (χ1) is 18.2. The number of methoxy groups -OCH3 is 1. The number of ether oxygens (including phenoxy) is 2. The predicted octanol–water partition coefficient (Wildman–Crippen LogP) is 7.01. The number of likely N-dealkylation sites (N-methyl/N-ethyl adjacent to an activating group) is 1. The van der Waals surface area contributed by atoms with E-state index in [1.807, 2.05) is 31.3 Å². The molecule has 0 spiro atoms. The molecule has 1 atom stereocenters. The van der Waals surface area contributed by atoms with Crippen molar-refractivity contribution in [1.29, 1.82) is 0 Å². The summed E-state index contributed by atoms with van der Waals surface area (Å²) in [6, 6.07) is 14.2. The first-order valence-corrected chi connectivity index (χ1v) is 13.9. The molecule has 0 bridgehead atoms. The van der Waals surface area contributed by atoms with Crippen molar-refractivity contribution in [1.82, 2.24) is 15.3 Å². The molecule has 0 saturated carbocycles. The summed E-state index contributed by atoms with van der Waals surface area (Å²) >= 11 is 0.753. The zero-order valence-corrected chi connectivity index (χ0v) is 25.2. The van der Waals surface area contributed by atoms with Crippen LogP contribution in [0.1, 0.15) is 66.1 Å². The SMILES string of the molecule is C.CCCc1c(OC[C@@H](CC(C)C)NC)nc(N)nc1-c1c(C)cccc1C.COCc1cccc(SO)c1.O.[HH].[HH]. The van der Waals surface area contributed by atoms with Gasteiger partial charge in [-0.05, 0) is 68.5 Å². The molecule has 9 heteroatoms. The molecule has 0 radical (unpaired) electrons. The van der Waals surface area contributed by atoms with Gasteiger partial charge in [-0.2, -0.15) is 4.98 Å². The first-order valence-electron chi connectivity index (χ1n) is 13.2. The minimum atomic E-state index is 0. The van der Waals surface area contributed by atoms with Crippen LogP contribution < -0.4 is 15.8 Å². The van der Waals surface area contributed by atoms with Crippen LogP contribution >= 0.6 is 12.0 Å². The van der Waals surface area contributed by atoms with E-state index >= 15 is 0 Å². The quantitative estimate of drug-likeness (QED) is 0.195. The lowest BCUT2D eigenvalue weighted by Crippen LogP contribution is -2.33. The molecule has 3 aromatic rings. The van der Waals surface area contributed by atoms with Crippen LogP contribution in [0.4, 0.5) is 5.95 Å². The standard InChI is InChI=1S/C22H34N4O.C8H10O2S.CH4.H2O.2H2/c1-7-9-18-20(19-15(4)10-8-11-16(19)5)25-22(23)26-21(18)27-13-17(24-6)12-14(2)3;1-10-6-7-3-2-4-8(5-7)11-9;;;;/h8,10-11,14,17,24H,7,9,12-13H2,1-6H3,(H2,23,25,26);2-5,9H,6H2,1H3;1H4;1H2;2*1H/t17-;;;;;/m1...../s1. The molecular weight excluding hydrogens is 524 g/mol. The molecule has 0 amide bonds. The Kier molecular flexibility index (Phi) is 18.1. The largest absolute Gasteiger partial charge is 0.476 e. The van der Waals surface area contributed by atoms with Crippen LogP contribution in [-0.2, 0) is 17.8 Å². The molecule has 0 aliphatic rings. The Morgan fingerprint density at radius 3 is 2.30 bits per heavy atom. The summed E-state index contributed by atoms with van der Waals surface area (Å²) in [6.07, 6.45) is 2.89. The van der Waals surface area contributed by atoms with Gasteiger partial charge in [0.05, 0.1) is 12.3 Å². The molecule has 0 unspecified atom stereocenters. The van der Waals surface area contributed by atoms with Crippen LogP contribution in [0, 0.1) is 19.8 Å². The molecule has 0 saturated heterocycles. The Morgan fingerprint density at radius 2 is 1.75 bits per heavy atom. The van der Waals surface area contributed by atoms with Crippen molar-refractivity contribution in [3.8, 4) is 17.1 Å². The van der Waals surface area contributed by atoms with Crippen LogP contribution in [0.5, 0.6) is 5.88 Å². The number of nitrogens with zero attached hydrogens (tertiary/aromatic N) is 2. The molecule has 0 aliphatic heterocycles. The highest BCUT2D eigenvalue weighted by Gasteiger charge is 2.20. The number of nitrogen functional groups attached to an aromatic ring is 1. The van der Waals surface area contributed by atoms with Gasteiger partial charge in [0.15, 0.2) is 0 Å². The van der Waals surface area contributed by atoms with Crippen molar-refractivity contribution in [3.63, 3.8) is 0 Å².